The quantitative estimate of drug-likeness (QED) is 0.178. The molecule has 1 aliphatic heterocycles. The Morgan fingerprint density at radius 1 is 0.723 bits per heavy atom. The van der Waals surface area contributed by atoms with E-state index in [9.17, 15) is 0 Å². The first-order valence-electron chi connectivity index (χ1n) is 18.1. The van der Waals surface area contributed by atoms with Gasteiger partial charge in [-0.25, -0.2) is 20.0 Å². The van der Waals surface area contributed by atoms with Crippen LogP contribution in [0.15, 0.2) is 34.3 Å². The molecule has 250 valence electrons. The average Bonchev–Trinajstić information content (AvgIpc) is 3.77. The molecule has 2 aliphatic carbocycles. The predicted octanol–water partition coefficient (Wildman–Crippen LogP) is 9.56. The number of unbranched alkanes of at least 4 members (excludes halogenated alkanes) is 6. The second kappa shape index (κ2) is 15.2. The highest BCUT2D eigenvalue weighted by Gasteiger charge is 2.30. The first kappa shape index (κ1) is 33.5. The molecule has 3 aliphatic rings. The van der Waals surface area contributed by atoms with E-state index in [1.54, 1.807) is 14.2 Å². The van der Waals surface area contributed by atoms with Crippen LogP contribution in [0.2, 0.25) is 0 Å². The number of aliphatic imine (C=N–C) groups is 2. The number of pyridine rings is 2. The van der Waals surface area contributed by atoms with Crippen LogP contribution in [0, 0.1) is 13.8 Å². The summed E-state index contributed by atoms with van der Waals surface area (Å²) in [5, 5.41) is 3.64. The molecule has 7 nitrogen and oxygen atoms in total. The lowest BCUT2D eigenvalue weighted by molar-refractivity contribution is 0.102. The standard InChI is InChI=1S/C40H53N5O2/c1-7-9-11-13-15-27-23-31-32(24-28(27)16-14-12-10-8-2)40(44-36-22-26(4)30-18-20-34(47-6)38(30)42-36)45-39(31)43-35-21-25(3)29-17-19-33(46-5)37(29)41-35/h21-24,33-34H,7-20H2,1-6H3,(H,41,42,43,44,45)/t33-,34-/m1/s1. The van der Waals surface area contributed by atoms with Crippen LogP contribution >= 0.6 is 0 Å². The zero-order chi connectivity index (χ0) is 32.9. The number of aryl methyl sites for hydroxylation is 4. The average molecular weight is 636 g/mol. The Hall–Kier alpha value is -3.42. The number of ether oxygens (including phenoxy) is 2. The van der Waals surface area contributed by atoms with Crippen molar-refractivity contribution in [2.45, 2.75) is 130 Å². The largest absolute Gasteiger partial charge is 0.375 e. The lowest BCUT2D eigenvalue weighted by Gasteiger charge is -2.16. The first-order chi connectivity index (χ1) is 22.9. The second-order valence-electron chi connectivity index (χ2n) is 13.7. The minimum Gasteiger partial charge on any atom is -0.375 e. The van der Waals surface area contributed by atoms with Crippen LogP contribution in [0.25, 0.3) is 0 Å². The zero-order valence-electron chi connectivity index (χ0n) is 29.5. The van der Waals surface area contributed by atoms with E-state index in [1.165, 1.54) is 84.7 Å². The molecule has 0 amide bonds. The van der Waals surface area contributed by atoms with E-state index in [0.717, 1.165) is 72.7 Å². The van der Waals surface area contributed by atoms with Crippen LogP contribution in [-0.2, 0) is 35.2 Å². The Morgan fingerprint density at radius 2 is 1.30 bits per heavy atom. The molecule has 3 heterocycles. The molecule has 0 spiro atoms. The number of nitrogens with zero attached hydrogens (tertiary/aromatic N) is 4. The van der Waals surface area contributed by atoms with Gasteiger partial charge in [-0.05, 0) is 123 Å². The molecule has 6 rings (SSSR count). The maximum absolute atomic E-state index is 5.79. The van der Waals surface area contributed by atoms with Gasteiger partial charge in [0.05, 0.1) is 23.6 Å². The zero-order valence-corrected chi connectivity index (χ0v) is 29.5. The van der Waals surface area contributed by atoms with Crippen molar-refractivity contribution in [2.75, 3.05) is 19.5 Å². The lowest BCUT2D eigenvalue weighted by atomic mass is 9.92. The van der Waals surface area contributed by atoms with Crippen molar-refractivity contribution < 1.29 is 9.47 Å². The van der Waals surface area contributed by atoms with Gasteiger partial charge in [-0.15, -0.1) is 0 Å². The van der Waals surface area contributed by atoms with Gasteiger partial charge in [-0.1, -0.05) is 52.4 Å². The number of aromatic nitrogens is 2. The van der Waals surface area contributed by atoms with Crippen molar-refractivity contribution >= 4 is 23.3 Å². The number of fused-ring (bicyclic) bond motifs is 3. The summed E-state index contributed by atoms with van der Waals surface area (Å²) in [6.45, 7) is 8.89. The number of rotatable bonds is 14. The second-order valence-corrected chi connectivity index (χ2v) is 13.7. The van der Waals surface area contributed by atoms with Gasteiger partial charge in [-0.2, -0.15) is 0 Å². The van der Waals surface area contributed by atoms with Crippen molar-refractivity contribution in [1.82, 2.24) is 9.97 Å². The fourth-order valence-corrected chi connectivity index (χ4v) is 7.67. The van der Waals surface area contributed by atoms with Crippen LogP contribution < -0.4 is 5.32 Å². The molecule has 0 saturated carbocycles. The molecular formula is C40H53N5O2. The van der Waals surface area contributed by atoms with Crippen LogP contribution in [0.3, 0.4) is 0 Å². The van der Waals surface area contributed by atoms with E-state index < -0.39 is 0 Å². The van der Waals surface area contributed by atoms with Gasteiger partial charge in [0.1, 0.15) is 11.7 Å². The minimum absolute atomic E-state index is 0.0236. The van der Waals surface area contributed by atoms with Gasteiger partial charge < -0.3 is 14.8 Å². The summed E-state index contributed by atoms with van der Waals surface area (Å²) in [4.78, 5) is 20.4. The molecule has 0 bridgehead atoms. The highest BCUT2D eigenvalue weighted by atomic mass is 16.5. The minimum atomic E-state index is 0.0236. The Balaban J connectivity index is 1.42. The molecule has 7 heteroatoms. The molecule has 0 radical (unpaired) electrons. The number of nitrogens with one attached hydrogen (secondary N) is 1. The SMILES string of the molecule is CCCCCCc1cc2c(cc1CCCCCC)C(Nc1cc(C)c3c(n1)[C@H](OC)CC3)=NC2=Nc1cc(C)c2c(n1)[C@H](OC)CC2. The van der Waals surface area contributed by atoms with Crippen molar-refractivity contribution in [1.29, 1.82) is 0 Å². The summed E-state index contributed by atoms with van der Waals surface area (Å²) < 4.78 is 11.6. The fraction of sp³-hybridized carbons (Fsp3) is 0.550. The Kier molecular flexibility index (Phi) is 10.8. The molecular weight excluding hydrogens is 582 g/mol. The summed E-state index contributed by atoms with van der Waals surface area (Å²) in [6.07, 6.45) is 16.2. The summed E-state index contributed by atoms with van der Waals surface area (Å²) >= 11 is 0. The number of hydrogen-bond donors (Lipinski definition) is 1. The van der Waals surface area contributed by atoms with Crippen molar-refractivity contribution in [2.24, 2.45) is 9.98 Å². The van der Waals surface area contributed by atoms with Gasteiger partial charge in [0.15, 0.2) is 11.7 Å². The molecule has 0 fully saturated rings. The van der Waals surface area contributed by atoms with Gasteiger partial charge in [0.2, 0.25) is 0 Å². The molecule has 1 aromatic carbocycles. The van der Waals surface area contributed by atoms with Crippen molar-refractivity contribution in [3.05, 3.63) is 80.2 Å². The Morgan fingerprint density at radius 3 is 1.89 bits per heavy atom. The van der Waals surface area contributed by atoms with Crippen LogP contribution in [0.1, 0.15) is 146 Å². The number of benzene rings is 1. The number of amidine groups is 2. The highest BCUT2D eigenvalue weighted by molar-refractivity contribution is 6.26. The topological polar surface area (TPSA) is 81.0 Å². The molecule has 0 saturated heterocycles. The van der Waals surface area contributed by atoms with E-state index in [0.29, 0.717) is 11.7 Å². The molecule has 0 unspecified atom stereocenters. The van der Waals surface area contributed by atoms with Crippen LogP contribution in [0.5, 0.6) is 0 Å². The van der Waals surface area contributed by atoms with Gasteiger partial charge in [-0.3, -0.25) is 0 Å². The number of hydrogen-bond acceptors (Lipinski definition) is 6. The predicted molar refractivity (Wildman–Crippen MR) is 193 cm³/mol. The Labute approximate surface area is 281 Å². The Bertz CT molecular complexity index is 1660. The third-order valence-electron chi connectivity index (χ3n) is 10.4. The van der Waals surface area contributed by atoms with Crippen molar-refractivity contribution in [3.8, 4) is 0 Å². The normalized spacial score (nSPS) is 18.9. The highest BCUT2D eigenvalue weighted by Crippen LogP contribution is 2.38. The maximum Gasteiger partial charge on any atom is 0.164 e. The maximum atomic E-state index is 5.79. The van der Waals surface area contributed by atoms with E-state index in [-0.39, 0.29) is 12.2 Å². The van der Waals surface area contributed by atoms with E-state index in [1.807, 2.05) is 0 Å². The third kappa shape index (κ3) is 7.22. The number of methoxy groups -OCH3 is 2. The van der Waals surface area contributed by atoms with E-state index in [4.69, 9.17) is 29.4 Å². The molecule has 2 aromatic heterocycles. The van der Waals surface area contributed by atoms with Crippen LogP contribution in [-0.4, -0.2) is 35.9 Å². The summed E-state index contributed by atoms with van der Waals surface area (Å²) in [5.41, 5.74) is 12.2. The smallest absolute Gasteiger partial charge is 0.164 e. The lowest BCUT2D eigenvalue weighted by Crippen LogP contribution is -2.15. The van der Waals surface area contributed by atoms with Gasteiger partial charge >= 0.3 is 0 Å². The van der Waals surface area contributed by atoms with Crippen LogP contribution in [0.4, 0.5) is 11.6 Å². The molecule has 3 aromatic rings. The van der Waals surface area contributed by atoms with Gasteiger partial charge in [0.25, 0.3) is 0 Å². The van der Waals surface area contributed by atoms with E-state index in [2.05, 4.69) is 57.3 Å². The first-order valence-corrected chi connectivity index (χ1v) is 18.1. The molecule has 47 heavy (non-hydrogen) atoms. The monoisotopic (exact) mass is 635 g/mol. The summed E-state index contributed by atoms with van der Waals surface area (Å²) in [6, 6.07) is 9.03. The summed E-state index contributed by atoms with van der Waals surface area (Å²) in [7, 11) is 3.55. The fourth-order valence-electron chi connectivity index (χ4n) is 7.67. The number of anilines is 1. The van der Waals surface area contributed by atoms with Crippen molar-refractivity contribution in [3.63, 3.8) is 0 Å². The van der Waals surface area contributed by atoms with Gasteiger partial charge in [0, 0.05) is 25.3 Å². The third-order valence-corrected chi connectivity index (χ3v) is 10.4. The molecule has 1 N–H and O–H groups in total. The summed E-state index contributed by atoms with van der Waals surface area (Å²) in [5.74, 6) is 3.01. The molecule has 2 atom stereocenters. The van der Waals surface area contributed by atoms with E-state index >= 15 is 0 Å².